The maximum absolute atomic E-state index is 12.6. The molecule has 0 aliphatic heterocycles. The fraction of sp³-hybridized carbons (Fsp3) is 0.286. The van der Waals surface area contributed by atoms with E-state index in [1.165, 1.54) is 22.7 Å². The van der Waals surface area contributed by atoms with E-state index in [1.54, 1.807) is 32.0 Å². The van der Waals surface area contributed by atoms with Crippen molar-refractivity contribution in [3.63, 3.8) is 0 Å². The number of nitrogens with zero attached hydrogens (tertiary/aromatic N) is 3. The number of hydrogen-bond acceptors (Lipinski definition) is 9. The van der Waals surface area contributed by atoms with Crippen molar-refractivity contribution in [1.82, 2.24) is 15.1 Å². The molecule has 1 saturated carbocycles. The van der Waals surface area contributed by atoms with Gasteiger partial charge < -0.3 is 14.4 Å². The van der Waals surface area contributed by atoms with Crippen molar-refractivity contribution >= 4 is 61.7 Å². The second-order valence-corrected chi connectivity index (χ2v) is 10.4. The molecule has 0 saturated heterocycles. The molecule has 4 aromatic rings. The van der Waals surface area contributed by atoms with Gasteiger partial charge in [0.2, 0.25) is 0 Å². The third-order valence-corrected chi connectivity index (χ3v) is 8.20. The first-order chi connectivity index (χ1) is 15.8. The molecule has 1 fully saturated rings. The van der Waals surface area contributed by atoms with Crippen LogP contribution in [0.15, 0.2) is 28.8 Å². The zero-order chi connectivity index (χ0) is 23.3. The predicted octanol–water partition coefficient (Wildman–Crippen LogP) is 5.80. The number of benzene rings is 1. The fourth-order valence-electron chi connectivity index (χ4n) is 3.42. The molecular formula is C21H17ClN4O5S2. The van der Waals surface area contributed by atoms with E-state index in [2.05, 4.69) is 20.4 Å². The van der Waals surface area contributed by atoms with Gasteiger partial charge in [0.1, 0.15) is 26.2 Å². The Labute approximate surface area is 200 Å². The first-order valence-corrected chi connectivity index (χ1v) is 12.0. The van der Waals surface area contributed by atoms with Crippen LogP contribution >= 0.6 is 34.3 Å². The Morgan fingerprint density at radius 3 is 2.70 bits per heavy atom. The van der Waals surface area contributed by atoms with Crippen LogP contribution in [-0.2, 0) is 14.9 Å². The van der Waals surface area contributed by atoms with Crippen molar-refractivity contribution in [2.45, 2.75) is 38.2 Å². The van der Waals surface area contributed by atoms with Crippen LogP contribution in [-0.4, -0.2) is 32.3 Å². The maximum atomic E-state index is 12.6. The van der Waals surface area contributed by atoms with E-state index in [-0.39, 0.29) is 0 Å². The Hall–Kier alpha value is -3.02. The largest absolute Gasteiger partial charge is 0.481 e. The Kier molecular flexibility index (Phi) is 5.34. The van der Waals surface area contributed by atoms with Gasteiger partial charge in [-0.25, -0.2) is 14.8 Å². The quantitative estimate of drug-likeness (QED) is 0.337. The summed E-state index contributed by atoms with van der Waals surface area (Å²) >= 11 is 8.82. The number of thiazole rings is 2. The van der Waals surface area contributed by atoms with Gasteiger partial charge in [0.25, 0.3) is 0 Å². The summed E-state index contributed by atoms with van der Waals surface area (Å²) in [4.78, 5) is 33.1. The van der Waals surface area contributed by atoms with Gasteiger partial charge in [0.05, 0.1) is 0 Å². The molecule has 170 valence electrons. The summed E-state index contributed by atoms with van der Waals surface area (Å²) < 4.78 is 11.5. The molecule has 1 atom stereocenters. The molecular weight excluding hydrogens is 488 g/mol. The van der Waals surface area contributed by atoms with E-state index in [0.717, 1.165) is 4.01 Å². The van der Waals surface area contributed by atoms with E-state index in [1.807, 2.05) is 6.07 Å². The van der Waals surface area contributed by atoms with Gasteiger partial charge >= 0.3 is 12.1 Å². The number of amides is 1. The highest BCUT2D eigenvalue weighted by molar-refractivity contribution is 7.39. The molecule has 1 unspecified atom stereocenters. The van der Waals surface area contributed by atoms with E-state index < -0.39 is 23.6 Å². The summed E-state index contributed by atoms with van der Waals surface area (Å²) in [6.45, 7) is 3.39. The molecule has 33 heavy (non-hydrogen) atoms. The lowest BCUT2D eigenvalue weighted by molar-refractivity contribution is -0.140. The molecule has 1 aromatic carbocycles. The van der Waals surface area contributed by atoms with Gasteiger partial charge in [-0.3, -0.25) is 10.1 Å². The average Bonchev–Trinajstić information content (AvgIpc) is 3.18. The minimum Gasteiger partial charge on any atom is -0.481 e. The SMILES string of the molecule is Cc1onc(-c2nc3nc(C4(C(=O)O)CC4)sc3s2)c1NC(=O)OC(C)c1ccccc1Cl. The van der Waals surface area contributed by atoms with Gasteiger partial charge in [0, 0.05) is 10.6 Å². The molecule has 3 heterocycles. The third-order valence-electron chi connectivity index (χ3n) is 5.46. The topological polar surface area (TPSA) is 127 Å². The lowest BCUT2D eigenvalue weighted by Gasteiger charge is -2.15. The van der Waals surface area contributed by atoms with Crippen LogP contribution in [0, 0.1) is 6.92 Å². The minimum absolute atomic E-state index is 0.345. The minimum atomic E-state index is -0.870. The highest BCUT2D eigenvalue weighted by Gasteiger charge is 2.54. The van der Waals surface area contributed by atoms with Gasteiger partial charge in [-0.05, 0) is 32.8 Å². The molecule has 1 aliphatic carbocycles. The number of carbonyl (C=O) groups is 2. The molecule has 9 nitrogen and oxygen atoms in total. The first-order valence-electron chi connectivity index (χ1n) is 9.98. The normalized spacial score (nSPS) is 15.4. The third kappa shape index (κ3) is 3.85. The Balaban J connectivity index is 1.36. The van der Waals surface area contributed by atoms with Crippen molar-refractivity contribution in [2.75, 3.05) is 5.32 Å². The Morgan fingerprint density at radius 2 is 2.03 bits per heavy atom. The lowest BCUT2D eigenvalue weighted by Crippen LogP contribution is -2.19. The number of carbonyl (C=O) groups excluding carboxylic acids is 1. The Morgan fingerprint density at radius 1 is 1.27 bits per heavy atom. The summed E-state index contributed by atoms with van der Waals surface area (Å²) in [7, 11) is 0. The zero-order valence-corrected chi connectivity index (χ0v) is 19.8. The van der Waals surface area contributed by atoms with Gasteiger partial charge in [-0.15, -0.1) is 11.3 Å². The van der Waals surface area contributed by atoms with Crippen LogP contribution in [0.2, 0.25) is 5.02 Å². The second kappa shape index (κ2) is 8.08. The number of rotatable bonds is 6. The number of aryl methyl sites for hydroxylation is 1. The number of nitrogens with one attached hydrogen (secondary N) is 1. The number of carboxylic acid groups (broad SMARTS) is 1. The predicted molar refractivity (Wildman–Crippen MR) is 124 cm³/mol. The average molecular weight is 505 g/mol. The van der Waals surface area contributed by atoms with Crippen LogP contribution < -0.4 is 5.32 Å². The van der Waals surface area contributed by atoms with Gasteiger partial charge in [-0.1, -0.05) is 46.3 Å². The second-order valence-electron chi connectivity index (χ2n) is 7.69. The molecule has 5 rings (SSSR count). The Bertz CT molecular complexity index is 1360. The standard InChI is InChI=1S/C21H17ClN4O5S2/c1-9(11-5-3-4-6-12(11)22)30-20(29)23-13-10(2)31-26-14(13)16-24-15-17(32-16)33-18(25-15)21(7-8-21)19(27)28/h3-6,9H,7-8H2,1-2H3,(H,23,29)(H,27,28). The smallest absolute Gasteiger partial charge is 0.412 e. The molecule has 0 radical (unpaired) electrons. The van der Waals surface area contributed by atoms with E-state index in [0.29, 0.717) is 56.2 Å². The van der Waals surface area contributed by atoms with Gasteiger partial charge in [-0.2, -0.15) is 0 Å². The number of aromatic nitrogens is 3. The summed E-state index contributed by atoms with van der Waals surface area (Å²) in [5.74, 6) is -0.463. The number of halogens is 1. The lowest BCUT2D eigenvalue weighted by atomic mass is 10.1. The fourth-order valence-corrected chi connectivity index (χ4v) is 6.05. The number of fused-ring (bicyclic) bond motifs is 1. The van der Waals surface area contributed by atoms with Gasteiger partial charge in [0.15, 0.2) is 22.1 Å². The molecule has 2 N–H and O–H groups in total. The highest BCUT2D eigenvalue weighted by Crippen LogP contribution is 2.51. The van der Waals surface area contributed by atoms with Crippen LogP contribution in [0.5, 0.6) is 0 Å². The monoisotopic (exact) mass is 504 g/mol. The molecule has 12 heteroatoms. The van der Waals surface area contributed by atoms with Crippen LogP contribution in [0.25, 0.3) is 20.4 Å². The van der Waals surface area contributed by atoms with E-state index in [4.69, 9.17) is 20.9 Å². The summed E-state index contributed by atoms with van der Waals surface area (Å²) in [5, 5.41) is 17.8. The maximum Gasteiger partial charge on any atom is 0.412 e. The van der Waals surface area contributed by atoms with Crippen molar-refractivity contribution in [1.29, 1.82) is 0 Å². The highest BCUT2D eigenvalue weighted by atomic mass is 35.5. The number of aliphatic carboxylic acids is 1. The van der Waals surface area contributed by atoms with Crippen molar-refractivity contribution in [3.8, 4) is 10.7 Å². The number of carboxylic acids is 1. The molecule has 1 amide bonds. The summed E-state index contributed by atoms with van der Waals surface area (Å²) in [6.07, 6.45) is -0.0901. The van der Waals surface area contributed by atoms with Crippen molar-refractivity contribution in [3.05, 3.63) is 45.6 Å². The molecule has 3 aromatic heterocycles. The first kappa shape index (κ1) is 21.8. The molecule has 0 bridgehead atoms. The zero-order valence-electron chi connectivity index (χ0n) is 17.4. The summed E-state index contributed by atoms with van der Waals surface area (Å²) in [5.41, 5.74) is 0.977. The van der Waals surface area contributed by atoms with Crippen molar-refractivity contribution in [2.24, 2.45) is 0 Å². The van der Waals surface area contributed by atoms with E-state index >= 15 is 0 Å². The summed E-state index contributed by atoms with van der Waals surface area (Å²) in [6, 6.07) is 7.13. The van der Waals surface area contributed by atoms with Crippen LogP contribution in [0.1, 0.15) is 42.2 Å². The van der Waals surface area contributed by atoms with Crippen LogP contribution in [0.4, 0.5) is 10.5 Å². The van der Waals surface area contributed by atoms with Crippen molar-refractivity contribution < 1.29 is 24.0 Å². The molecule has 1 aliphatic rings. The molecule has 0 spiro atoms. The number of hydrogen-bond donors (Lipinski definition) is 2. The number of anilines is 1. The van der Waals surface area contributed by atoms with E-state index in [9.17, 15) is 14.7 Å². The number of ether oxygens (including phenoxy) is 1. The van der Waals surface area contributed by atoms with Crippen LogP contribution in [0.3, 0.4) is 0 Å².